The molecule has 1 aliphatic rings. The fraction of sp³-hybridized carbons (Fsp3) is 0.417. The normalized spacial score (nSPS) is 15.4. The van der Waals surface area contributed by atoms with Crippen LogP contribution in [0.3, 0.4) is 0 Å². The number of nitrogens with two attached hydrogens (primary N) is 1. The number of rotatable bonds is 7. The molecule has 1 aromatic rings. The molecule has 1 amide bonds. The van der Waals surface area contributed by atoms with Gasteiger partial charge in [-0.1, -0.05) is 0 Å². The van der Waals surface area contributed by atoms with E-state index in [1.807, 2.05) is 0 Å². The van der Waals surface area contributed by atoms with Gasteiger partial charge in [0.25, 0.3) is 0 Å². The fourth-order valence-electron chi connectivity index (χ4n) is 1.63. The maximum absolute atomic E-state index is 11.9. The van der Waals surface area contributed by atoms with E-state index in [9.17, 15) is 13.2 Å². The number of sulfonamides is 1. The smallest absolute Gasteiger partial charge is 0.248 e. The van der Waals surface area contributed by atoms with Gasteiger partial charge in [-0.25, -0.2) is 13.1 Å². The van der Waals surface area contributed by atoms with Crippen molar-refractivity contribution in [2.45, 2.75) is 23.8 Å². The summed E-state index contributed by atoms with van der Waals surface area (Å²) >= 11 is 0. The van der Waals surface area contributed by atoms with Crippen LogP contribution in [-0.2, 0) is 10.0 Å². The lowest BCUT2D eigenvalue weighted by atomic mass is 10.2. The lowest BCUT2D eigenvalue weighted by molar-refractivity contribution is 0.1000. The van der Waals surface area contributed by atoms with Gasteiger partial charge in [-0.2, -0.15) is 0 Å². The van der Waals surface area contributed by atoms with E-state index < -0.39 is 15.9 Å². The van der Waals surface area contributed by atoms with Crippen LogP contribution in [0.15, 0.2) is 29.2 Å². The minimum Gasteiger partial charge on any atom is -0.366 e. The Morgan fingerprint density at radius 1 is 1.21 bits per heavy atom. The average Bonchev–Trinajstić information content (AvgIpc) is 3.19. The molecule has 0 radical (unpaired) electrons. The summed E-state index contributed by atoms with van der Waals surface area (Å²) in [6.07, 6.45) is 2.34. The second kappa shape index (κ2) is 5.68. The first kappa shape index (κ1) is 14.0. The van der Waals surface area contributed by atoms with Crippen LogP contribution in [0.1, 0.15) is 23.2 Å². The highest BCUT2D eigenvalue weighted by atomic mass is 32.2. The van der Waals surface area contributed by atoms with Crippen molar-refractivity contribution in [1.82, 2.24) is 10.0 Å². The second-order valence-corrected chi connectivity index (χ2v) is 6.28. The molecule has 0 bridgehead atoms. The lowest BCUT2D eigenvalue weighted by Crippen LogP contribution is -2.32. The van der Waals surface area contributed by atoms with Crippen LogP contribution >= 0.6 is 0 Å². The molecule has 1 saturated carbocycles. The molecule has 0 spiro atoms. The molecule has 0 heterocycles. The second-order valence-electron chi connectivity index (χ2n) is 4.51. The molecule has 6 nitrogen and oxygen atoms in total. The summed E-state index contributed by atoms with van der Waals surface area (Å²) in [6, 6.07) is 6.10. The fourth-order valence-corrected chi connectivity index (χ4v) is 2.66. The minimum absolute atomic E-state index is 0.129. The van der Waals surface area contributed by atoms with Crippen LogP contribution in [0.25, 0.3) is 0 Å². The molecule has 104 valence electrons. The lowest BCUT2D eigenvalue weighted by Gasteiger charge is -2.07. The van der Waals surface area contributed by atoms with Gasteiger partial charge in [0.05, 0.1) is 4.90 Å². The summed E-state index contributed by atoms with van der Waals surface area (Å²) in [6.45, 7) is 0.958. The highest BCUT2D eigenvalue weighted by molar-refractivity contribution is 7.89. The molecule has 7 heteroatoms. The van der Waals surface area contributed by atoms with E-state index in [1.165, 1.54) is 37.1 Å². The van der Waals surface area contributed by atoms with Gasteiger partial charge in [0.15, 0.2) is 0 Å². The molecule has 1 aromatic carbocycles. The number of carbonyl (C=O) groups is 1. The van der Waals surface area contributed by atoms with Gasteiger partial charge >= 0.3 is 0 Å². The minimum atomic E-state index is -3.52. The van der Waals surface area contributed by atoms with E-state index in [4.69, 9.17) is 5.73 Å². The first-order valence-electron chi connectivity index (χ1n) is 6.12. The van der Waals surface area contributed by atoms with Gasteiger partial charge in [0, 0.05) is 24.7 Å². The molecule has 1 aliphatic carbocycles. The third-order valence-corrected chi connectivity index (χ3v) is 4.35. The zero-order chi connectivity index (χ0) is 13.9. The summed E-state index contributed by atoms with van der Waals surface area (Å²) in [5, 5.41) is 3.22. The first-order valence-corrected chi connectivity index (χ1v) is 7.60. The van der Waals surface area contributed by atoms with Gasteiger partial charge in [0.1, 0.15) is 0 Å². The summed E-state index contributed by atoms with van der Waals surface area (Å²) in [5.74, 6) is -0.578. The van der Waals surface area contributed by atoms with Gasteiger partial charge in [0.2, 0.25) is 15.9 Å². The van der Waals surface area contributed by atoms with Crippen LogP contribution in [-0.4, -0.2) is 33.5 Å². The quantitative estimate of drug-likeness (QED) is 0.604. The number of hydrogen-bond donors (Lipinski definition) is 3. The predicted octanol–water partition coefficient (Wildman–Crippen LogP) is -0.184. The molecule has 0 unspecified atom stereocenters. The van der Waals surface area contributed by atoms with Crippen LogP contribution in [0, 0.1) is 0 Å². The molecule has 0 saturated heterocycles. The summed E-state index contributed by atoms with van der Waals surface area (Å²) in [5.41, 5.74) is 5.38. The number of carbonyl (C=O) groups excluding carboxylic acids is 1. The number of primary amides is 1. The average molecular weight is 283 g/mol. The topological polar surface area (TPSA) is 101 Å². The third kappa shape index (κ3) is 4.02. The standard InChI is InChI=1S/C12H17N3O3S/c13-12(16)9-1-5-11(6-2-9)19(17,18)15-8-7-14-10-3-4-10/h1-2,5-6,10,14-15H,3-4,7-8H2,(H2,13,16). The van der Waals surface area contributed by atoms with E-state index in [2.05, 4.69) is 10.0 Å². The van der Waals surface area contributed by atoms with Crippen molar-refractivity contribution >= 4 is 15.9 Å². The number of hydrogen-bond acceptors (Lipinski definition) is 4. The third-order valence-electron chi connectivity index (χ3n) is 2.88. The molecule has 0 atom stereocenters. The van der Waals surface area contributed by atoms with Gasteiger partial charge in [-0.05, 0) is 37.1 Å². The summed E-state index contributed by atoms with van der Waals surface area (Å²) in [7, 11) is -3.52. The Bertz CT molecular complexity index is 550. The Hall–Kier alpha value is -1.44. The van der Waals surface area contributed by atoms with Crippen molar-refractivity contribution in [1.29, 1.82) is 0 Å². The maximum atomic E-state index is 11.9. The van der Waals surface area contributed by atoms with Crippen molar-refractivity contribution in [3.05, 3.63) is 29.8 Å². The highest BCUT2D eigenvalue weighted by Crippen LogP contribution is 2.17. The largest absolute Gasteiger partial charge is 0.366 e. The van der Waals surface area contributed by atoms with E-state index in [-0.39, 0.29) is 10.5 Å². The Labute approximate surface area is 112 Å². The Morgan fingerprint density at radius 2 is 1.84 bits per heavy atom. The van der Waals surface area contributed by atoms with E-state index >= 15 is 0 Å². The zero-order valence-electron chi connectivity index (χ0n) is 10.4. The highest BCUT2D eigenvalue weighted by Gasteiger charge is 2.20. The van der Waals surface area contributed by atoms with Crippen molar-refractivity contribution in [2.75, 3.05) is 13.1 Å². The van der Waals surface area contributed by atoms with E-state index in [1.54, 1.807) is 0 Å². The van der Waals surface area contributed by atoms with Crippen molar-refractivity contribution in [2.24, 2.45) is 5.73 Å². The zero-order valence-corrected chi connectivity index (χ0v) is 11.2. The Morgan fingerprint density at radius 3 is 2.37 bits per heavy atom. The van der Waals surface area contributed by atoms with Crippen molar-refractivity contribution in [3.63, 3.8) is 0 Å². The van der Waals surface area contributed by atoms with E-state index in [0.29, 0.717) is 19.1 Å². The Balaban J connectivity index is 1.91. The molecule has 4 N–H and O–H groups in total. The predicted molar refractivity (Wildman–Crippen MR) is 71.2 cm³/mol. The molecule has 2 rings (SSSR count). The molecular formula is C12H17N3O3S. The van der Waals surface area contributed by atoms with Crippen LogP contribution in [0.5, 0.6) is 0 Å². The molecule has 19 heavy (non-hydrogen) atoms. The summed E-state index contributed by atoms with van der Waals surface area (Å²) in [4.78, 5) is 11.0. The Kier molecular flexibility index (Phi) is 4.18. The van der Waals surface area contributed by atoms with Crippen molar-refractivity contribution < 1.29 is 13.2 Å². The van der Waals surface area contributed by atoms with E-state index in [0.717, 1.165) is 0 Å². The molecule has 0 aromatic heterocycles. The molecular weight excluding hydrogens is 266 g/mol. The maximum Gasteiger partial charge on any atom is 0.248 e. The van der Waals surface area contributed by atoms with Gasteiger partial charge < -0.3 is 11.1 Å². The van der Waals surface area contributed by atoms with Crippen LogP contribution in [0.4, 0.5) is 0 Å². The SMILES string of the molecule is NC(=O)c1ccc(S(=O)(=O)NCCNC2CC2)cc1. The first-order chi connectivity index (χ1) is 8.99. The monoisotopic (exact) mass is 283 g/mol. The van der Waals surface area contributed by atoms with Crippen LogP contribution in [0.2, 0.25) is 0 Å². The molecule has 0 aliphatic heterocycles. The van der Waals surface area contributed by atoms with Gasteiger partial charge in [-0.3, -0.25) is 4.79 Å². The van der Waals surface area contributed by atoms with Gasteiger partial charge in [-0.15, -0.1) is 0 Å². The number of amides is 1. The number of benzene rings is 1. The summed E-state index contributed by atoms with van der Waals surface area (Å²) < 4.78 is 26.3. The number of nitrogens with one attached hydrogen (secondary N) is 2. The van der Waals surface area contributed by atoms with Crippen molar-refractivity contribution in [3.8, 4) is 0 Å². The van der Waals surface area contributed by atoms with Crippen LogP contribution < -0.4 is 15.8 Å². The molecule has 1 fully saturated rings.